The lowest BCUT2D eigenvalue weighted by molar-refractivity contribution is 0.397. The van der Waals surface area contributed by atoms with E-state index in [1.807, 2.05) is 0 Å². The maximum absolute atomic E-state index is 13.6. The molecule has 0 atom stereocenters. The highest BCUT2D eigenvalue weighted by molar-refractivity contribution is 5.80. The van der Waals surface area contributed by atoms with E-state index in [0.29, 0.717) is 16.9 Å². The van der Waals surface area contributed by atoms with E-state index in [9.17, 15) is 4.39 Å². The maximum atomic E-state index is 13.6. The van der Waals surface area contributed by atoms with Crippen LogP contribution in [-0.2, 0) is 5.41 Å². The maximum Gasteiger partial charge on any atom is 0.232 e. The molecular weight excluding hydrogens is 219 g/mol. The van der Waals surface area contributed by atoms with Crippen molar-refractivity contribution >= 4 is 11.0 Å². The molecule has 0 spiro atoms. The first kappa shape index (κ1) is 11.8. The summed E-state index contributed by atoms with van der Waals surface area (Å²) in [6, 6.07) is 3.19. The van der Waals surface area contributed by atoms with E-state index in [0.717, 1.165) is 5.56 Å². The Morgan fingerprint density at radius 1 is 1.18 bits per heavy atom. The summed E-state index contributed by atoms with van der Waals surface area (Å²) in [5.74, 6) is 0.0387. The molecule has 0 aliphatic rings. The zero-order chi connectivity index (χ0) is 12.6. The molecule has 1 aromatic heterocycles. The van der Waals surface area contributed by atoms with Gasteiger partial charge in [-0.2, -0.15) is 0 Å². The summed E-state index contributed by atoms with van der Waals surface area (Å²) < 4.78 is 18.7. The van der Waals surface area contributed by atoms with Crippen molar-refractivity contribution in [3.8, 4) is 5.88 Å². The normalized spacial score (nSPS) is 11.8. The largest absolute Gasteiger partial charge is 0.480 e. The third kappa shape index (κ3) is 2.07. The van der Waals surface area contributed by atoms with Crippen LogP contribution in [0.2, 0.25) is 0 Å². The summed E-state index contributed by atoms with van der Waals surface area (Å²) in [7, 11) is 1.52. The Balaban J connectivity index is 2.81. The molecule has 0 amide bonds. The van der Waals surface area contributed by atoms with Gasteiger partial charge in [-0.3, -0.25) is 0 Å². The average Bonchev–Trinajstić information content (AvgIpc) is 2.27. The Morgan fingerprint density at radius 3 is 2.47 bits per heavy atom. The molecule has 0 aliphatic heterocycles. The standard InChI is InChI=1S/C13H15FN2O/c1-13(2,3)8-5-6-9(14)12-11(8)16-10(17-4)7-15-12/h5-7H,1-4H3. The summed E-state index contributed by atoms with van der Waals surface area (Å²) in [5.41, 5.74) is 1.70. The molecule has 0 fully saturated rings. The second-order valence-electron chi connectivity index (χ2n) is 4.95. The number of hydrogen-bond donors (Lipinski definition) is 0. The van der Waals surface area contributed by atoms with Crippen molar-refractivity contribution in [1.82, 2.24) is 9.97 Å². The Bertz CT molecular complexity index is 561. The fourth-order valence-electron chi connectivity index (χ4n) is 1.75. The molecular formula is C13H15FN2O. The Labute approximate surface area is 99.7 Å². The summed E-state index contributed by atoms with van der Waals surface area (Å²) in [5, 5.41) is 0. The summed E-state index contributed by atoms with van der Waals surface area (Å²) in [6.07, 6.45) is 1.43. The summed E-state index contributed by atoms with van der Waals surface area (Å²) in [6.45, 7) is 6.17. The molecule has 2 aromatic rings. The van der Waals surface area contributed by atoms with Gasteiger partial charge in [0, 0.05) is 0 Å². The SMILES string of the molecule is COc1cnc2c(F)ccc(C(C)(C)C)c2n1. The molecule has 0 unspecified atom stereocenters. The van der Waals surface area contributed by atoms with Gasteiger partial charge in [0.15, 0.2) is 5.82 Å². The molecule has 2 rings (SSSR count). The predicted octanol–water partition coefficient (Wildman–Crippen LogP) is 3.08. The van der Waals surface area contributed by atoms with Crippen molar-refractivity contribution in [2.75, 3.05) is 7.11 Å². The van der Waals surface area contributed by atoms with Gasteiger partial charge in [-0.25, -0.2) is 14.4 Å². The van der Waals surface area contributed by atoms with Gasteiger partial charge in [0.1, 0.15) is 5.52 Å². The van der Waals surface area contributed by atoms with E-state index in [1.54, 1.807) is 6.07 Å². The first-order valence-electron chi connectivity index (χ1n) is 5.43. The number of nitrogens with zero attached hydrogens (tertiary/aromatic N) is 2. The lowest BCUT2D eigenvalue weighted by Gasteiger charge is -2.20. The third-order valence-electron chi connectivity index (χ3n) is 2.65. The highest BCUT2D eigenvalue weighted by Crippen LogP contribution is 2.30. The third-order valence-corrected chi connectivity index (χ3v) is 2.65. The minimum atomic E-state index is -0.358. The lowest BCUT2D eigenvalue weighted by Crippen LogP contribution is -2.13. The van der Waals surface area contributed by atoms with Crippen LogP contribution in [0.3, 0.4) is 0 Å². The van der Waals surface area contributed by atoms with Gasteiger partial charge in [-0.05, 0) is 17.0 Å². The molecule has 0 bridgehead atoms. The number of benzene rings is 1. The first-order valence-corrected chi connectivity index (χ1v) is 5.43. The molecule has 1 heterocycles. The Morgan fingerprint density at radius 2 is 1.88 bits per heavy atom. The zero-order valence-corrected chi connectivity index (χ0v) is 10.4. The second kappa shape index (κ2) is 3.95. The van der Waals surface area contributed by atoms with E-state index >= 15 is 0 Å². The van der Waals surface area contributed by atoms with E-state index in [4.69, 9.17) is 4.74 Å². The number of halogens is 1. The number of fused-ring (bicyclic) bond motifs is 1. The Kier molecular flexibility index (Phi) is 2.73. The number of hydrogen-bond acceptors (Lipinski definition) is 3. The molecule has 4 heteroatoms. The van der Waals surface area contributed by atoms with Crippen molar-refractivity contribution in [3.63, 3.8) is 0 Å². The molecule has 90 valence electrons. The topological polar surface area (TPSA) is 35.0 Å². The van der Waals surface area contributed by atoms with Crippen molar-refractivity contribution in [3.05, 3.63) is 29.7 Å². The minimum Gasteiger partial charge on any atom is -0.480 e. The molecule has 1 aromatic carbocycles. The molecule has 0 radical (unpaired) electrons. The molecule has 0 saturated heterocycles. The first-order chi connectivity index (χ1) is 7.93. The van der Waals surface area contributed by atoms with Crippen LogP contribution in [0, 0.1) is 5.82 Å². The van der Waals surface area contributed by atoms with Crippen molar-refractivity contribution in [1.29, 1.82) is 0 Å². The van der Waals surface area contributed by atoms with Gasteiger partial charge in [0.25, 0.3) is 0 Å². The van der Waals surface area contributed by atoms with Crippen LogP contribution in [0.1, 0.15) is 26.3 Å². The van der Waals surface area contributed by atoms with E-state index in [2.05, 4.69) is 30.7 Å². The molecule has 3 nitrogen and oxygen atoms in total. The minimum absolute atomic E-state index is 0.118. The van der Waals surface area contributed by atoms with Crippen LogP contribution in [-0.4, -0.2) is 17.1 Å². The van der Waals surface area contributed by atoms with Gasteiger partial charge in [-0.15, -0.1) is 0 Å². The van der Waals surface area contributed by atoms with Crippen LogP contribution < -0.4 is 4.74 Å². The smallest absolute Gasteiger partial charge is 0.232 e. The summed E-state index contributed by atoms with van der Waals surface area (Å²) in [4.78, 5) is 8.36. The zero-order valence-electron chi connectivity index (χ0n) is 10.4. The fraction of sp³-hybridized carbons (Fsp3) is 0.385. The van der Waals surface area contributed by atoms with E-state index in [-0.39, 0.29) is 11.2 Å². The molecule has 17 heavy (non-hydrogen) atoms. The second-order valence-corrected chi connectivity index (χ2v) is 4.95. The number of aromatic nitrogens is 2. The van der Waals surface area contributed by atoms with Gasteiger partial charge in [0.2, 0.25) is 5.88 Å². The highest BCUT2D eigenvalue weighted by Gasteiger charge is 2.20. The van der Waals surface area contributed by atoms with Gasteiger partial charge >= 0.3 is 0 Å². The van der Waals surface area contributed by atoms with Crippen LogP contribution in [0.5, 0.6) is 5.88 Å². The number of rotatable bonds is 1. The number of methoxy groups -OCH3 is 1. The molecule has 0 aliphatic carbocycles. The average molecular weight is 234 g/mol. The van der Waals surface area contributed by atoms with Crippen LogP contribution in [0.15, 0.2) is 18.3 Å². The van der Waals surface area contributed by atoms with E-state index in [1.165, 1.54) is 19.4 Å². The van der Waals surface area contributed by atoms with Crippen LogP contribution in [0.4, 0.5) is 4.39 Å². The monoisotopic (exact) mass is 234 g/mol. The van der Waals surface area contributed by atoms with Gasteiger partial charge in [-0.1, -0.05) is 26.8 Å². The summed E-state index contributed by atoms with van der Waals surface area (Å²) >= 11 is 0. The Hall–Kier alpha value is -1.71. The highest BCUT2D eigenvalue weighted by atomic mass is 19.1. The quantitative estimate of drug-likeness (QED) is 0.760. The van der Waals surface area contributed by atoms with Crippen molar-refractivity contribution in [2.24, 2.45) is 0 Å². The molecule has 0 N–H and O–H groups in total. The van der Waals surface area contributed by atoms with Gasteiger partial charge < -0.3 is 4.74 Å². The fourth-order valence-corrected chi connectivity index (χ4v) is 1.75. The van der Waals surface area contributed by atoms with Gasteiger partial charge in [0.05, 0.1) is 18.8 Å². The van der Waals surface area contributed by atoms with Crippen LogP contribution >= 0.6 is 0 Å². The van der Waals surface area contributed by atoms with E-state index < -0.39 is 0 Å². The van der Waals surface area contributed by atoms with Crippen molar-refractivity contribution in [2.45, 2.75) is 26.2 Å². The molecule has 0 saturated carbocycles. The van der Waals surface area contributed by atoms with Crippen LogP contribution in [0.25, 0.3) is 11.0 Å². The van der Waals surface area contributed by atoms with Crippen molar-refractivity contribution < 1.29 is 9.13 Å². The predicted molar refractivity (Wildman–Crippen MR) is 64.7 cm³/mol. The number of ether oxygens (including phenoxy) is 1. The lowest BCUT2D eigenvalue weighted by atomic mass is 9.86.